The number of nitrogens with one attached hydrogen (secondary N) is 1. The Bertz CT molecular complexity index is 395. The zero-order valence-electron chi connectivity index (χ0n) is 7.55. The van der Waals surface area contributed by atoms with Crippen molar-refractivity contribution in [3.8, 4) is 11.8 Å². The molecule has 0 fully saturated rings. The summed E-state index contributed by atoms with van der Waals surface area (Å²) < 4.78 is 0. The lowest BCUT2D eigenvalue weighted by Crippen LogP contribution is -2.08. The number of hydrogen-bond donors (Lipinski definition) is 2. The summed E-state index contributed by atoms with van der Waals surface area (Å²) in [6.45, 7) is 2.32. The van der Waals surface area contributed by atoms with E-state index in [-0.39, 0.29) is 5.56 Å². The number of pyridine rings is 1. The molecule has 0 saturated heterocycles. The lowest BCUT2D eigenvalue weighted by molar-refractivity contribution is 1.03. The number of nitrogens with two attached hydrogens (primary N) is 1. The molecule has 0 aliphatic heterocycles. The first-order valence-electron chi connectivity index (χ1n) is 4.12. The van der Waals surface area contributed by atoms with E-state index in [9.17, 15) is 4.79 Å². The minimum absolute atomic E-state index is 0.0654. The van der Waals surface area contributed by atoms with Crippen LogP contribution in [0.3, 0.4) is 0 Å². The molecule has 0 aromatic carbocycles. The van der Waals surface area contributed by atoms with Crippen LogP contribution in [0, 0.1) is 18.8 Å². The van der Waals surface area contributed by atoms with Crippen LogP contribution in [0.4, 0.5) is 0 Å². The van der Waals surface area contributed by atoms with Crippen LogP contribution in [0.2, 0.25) is 0 Å². The molecule has 0 aliphatic carbocycles. The van der Waals surface area contributed by atoms with Gasteiger partial charge in [0.05, 0.1) is 0 Å². The third kappa shape index (κ3) is 2.77. The van der Waals surface area contributed by atoms with E-state index in [1.165, 1.54) is 0 Å². The summed E-state index contributed by atoms with van der Waals surface area (Å²) in [5.74, 6) is 5.81. The van der Waals surface area contributed by atoms with Crippen LogP contribution in [0.25, 0.3) is 0 Å². The Morgan fingerprint density at radius 3 is 3.00 bits per heavy atom. The van der Waals surface area contributed by atoms with Gasteiger partial charge in [-0.05, 0) is 13.0 Å². The number of rotatable bonds is 1. The standard InChI is InChI=1S/C10H12N2O/c1-8-6-9(4-2-3-5-11)7-12-10(8)13/h6-7H,3,5,11H2,1H3,(H,12,13). The third-order valence-corrected chi connectivity index (χ3v) is 1.59. The summed E-state index contributed by atoms with van der Waals surface area (Å²) >= 11 is 0. The van der Waals surface area contributed by atoms with Crippen LogP contribution in [-0.2, 0) is 0 Å². The first-order chi connectivity index (χ1) is 6.24. The van der Waals surface area contributed by atoms with Crippen molar-refractivity contribution >= 4 is 0 Å². The van der Waals surface area contributed by atoms with E-state index in [0.29, 0.717) is 18.5 Å². The highest BCUT2D eigenvalue weighted by molar-refractivity contribution is 5.33. The van der Waals surface area contributed by atoms with Crippen LogP contribution in [0.5, 0.6) is 0 Å². The molecule has 0 atom stereocenters. The first kappa shape index (κ1) is 9.56. The lowest BCUT2D eigenvalue weighted by Gasteiger charge is -1.91. The number of hydrogen-bond acceptors (Lipinski definition) is 2. The average molecular weight is 176 g/mol. The predicted octanol–water partition coefficient (Wildman–Crippen LogP) is 0.384. The Morgan fingerprint density at radius 2 is 2.38 bits per heavy atom. The van der Waals surface area contributed by atoms with E-state index in [1.807, 2.05) is 0 Å². The van der Waals surface area contributed by atoms with Gasteiger partial charge in [-0.3, -0.25) is 4.79 Å². The number of aryl methyl sites for hydroxylation is 1. The van der Waals surface area contributed by atoms with Crippen LogP contribution in [-0.4, -0.2) is 11.5 Å². The molecule has 0 unspecified atom stereocenters. The molecule has 0 saturated carbocycles. The van der Waals surface area contributed by atoms with Gasteiger partial charge < -0.3 is 10.7 Å². The van der Waals surface area contributed by atoms with Gasteiger partial charge in [0.2, 0.25) is 0 Å². The summed E-state index contributed by atoms with van der Waals surface area (Å²) in [5, 5.41) is 0. The van der Waals surface area contributed by atoms with Gasteiger partial charge in [0, 0.05) is 30.3 Å². The van der Waals surface area contributed by atoms with Gasteiger partial charge in [-0.25, -0.2) is 0 Å². The van der Waals surface area contributed by atoms with Gasteiger partial charge in [-0.15, -0.1) is 0 Å². The molecule has 3 heteroatoms. The van der Waals surface area contributed by atoms with E-state index in [1.54, 1.807) is 19.2 Å². The summed E-state index contributed by atoms with van der Waals surface area (Å²) in [6, 6.07) is 1.77. The highest BCUT2D eigenvalue weighted by Gasteiger charge is 1.92. The van der Waals surface area contributed by atoms with Crippen molar-refractivity contribution in [1.82, 2.24) is 4.98 Å². The van der Waals surface area contributed by atoms with Gasteiger partial charge >= 0.3 is 0 Å². The van der Waals surface area contributed by atoms with Crippen LogP contribution in [0.15, 0.2) is 17.1 Å². The second kappa shape index (κ2) is 4.48. The van der Waals surface area contributed by atoms with Crippen LogP contribution < -0.4 is 11.3 Å². The molecular weight excluding hydrogens is 164 g/mol. The van der Waals surface area contributed by atoms with Gasteiger partial charge in [-0.1, -0.05) is 11.8 Å². The Balaban J connectivity index is 2.87. The fraction of sp³-hybridized carbons (Fsp3) is 0.300. The lowest BCUT2D eigenvalue weighted by atomic mass is 10.2. The molecule has 0 bridgehead atoms. The van der Waals surface area contributed by atoms with Gasteiger partial charge in [0.1, 0.15) is 0 Å². The topological polar surface area (TPSA) is 58.9 Å². The molecule has 1 aromatic rings. The zero-order valence-corrected chi connectivity index (χ0v) is 7.55. The zero-order chi connectivity index (χ0) is 9.68. The minimum Gasteiger partial charge on any atom is -0.330 e. The van der Waals surface area contributed by atoms with Gasteiger partial charge in [0.25, 0.3) is 5.56 Å². The highest BCUT2D eigenvalue weighted by Crippen LogP contribution is 1.94. The quantitative estimate of drug-likeness (QED) is 0.608. The van der Waals surface area contributed by atoms with E-state index in [2.05, 4.69) is 16.8 Å². The summed E-state index contributed by atoms with van der Waals surface area (Å²) in [7, 11) is 0. The van der Waals surface area contributed by atoms with Crippen LogP contribution in [0.1, 0.15) is 17.5 Å². The minimum atomic E-state index is -0.0654. The van der Waals surface area contributed by atoms with E-state index in [4.69, 9.17) is 5.73 Å². The fourth-order valence-corrected chi connectivity index (χ4v) is 0.907. The average Bonchev–Trinajstić information content (AvgIpc) is 2.12. The fourth-order valence-electron chi connectivity index (χ4n) is 0.907. The molecular formula is C10H12N2O. The monoisotopic (exact) mass is 176 g/mol. The molecule has 1 heterocycles. The maximum atomic E-state index is 11.0. The number of aromatic amines is 1. The Kier molecular flexibility index (Phi) is 3.30. The summed E-state index contributed by atoms with van der Waals surface area (Å²) in [4.78, 5) is 13.6. The molecule has 13 heavy (non-hydrogen) atoms. The van der Waals surface area contributed by atoms with Crippen LogP contribution >= 0.6 is 0 Å². The third-order valence-electron chi connectivity index (χ3n) is 1.59. The van der Waals surface area contributed by atoms with Crippen molar-refractivity contribution in [1.29, 1.82) is 0 Å². The Morgan fingerprint density at radius 1 is 1.62 bits per heavy atom. The highest BCUT2D eigenvalue weighted by atomic mass is 16.1. The van der Waals surface area contributed by atoms with Crippen molar-refractivity contribution < 1.29 is 0 Å². The van der Waals surface area contributed by atoms with Gasteiger partial charge in [-0.2, -0.15) is 0 Å². The summed E-state index contributed by atoms with van der Waals surface area (Å²) in [6.07, 6.45) is 2.29. The maximum Gasteiger partial charge on any atom is 0.250 e. The van der Waals surface area contributed by atoms with E-state index >= 15 is 0 Å². The number of aromatic nitrogens is 1. The smallest absolute Gasteiger partial charge is 0.250 e. The van der Waals surface area contributed by atoms with Gasteiger partial charge in [0.15, 0.2) is 0 Å². The first-order valence-corrected chi connectivity index (χ1v) is 4.12. The van der Waals surface area contributed by atoms with Crippen molar-refractivity contribution in [2.75, 3.05) is 6.54 Å². The molecule has 68 valence electrons. The SMILES string of the molecule is Cc1cc(C#CCCN)c[nH]c1=O. The Labute approximate surface area is 77.0 Å². The molecule has 0 amide bonds. The second-order valence-electron chi connectivity index (χ2n) is 2.74. The molecule has 1 rings (SSSR count). The van der Waals surface area contributed by atoms with Crippen molar-refractivity contribution in [3.05, 3.63) is 33.7 Å². The largest absolute Gasteiger partial charge is 0.330 e. The van der Waals surface area contributed by atoms with Crippen molar-refractivity contribution in [2.24, 2.45) is 5.73 Å². The molecule has 0 spiro atoms. The normalized spacial score (nSPS) is 9.08. The maximum absolute atomic E-state index is 11.0. The number of H-pyrrole nitrogens is 1. The van der Waals surface area contributed by atoms with E-state index < -0.39 is 0 Å². The second-order valence-corrected chi connectivity index (χ2v) is 2.74. The summed E-state index contributed by atoms with van der Waals surface area (Å²) in [5.41, 5.74) is 6.73. The molecule has 1 aromatic heterocycles. The molecule has 3 nitrogen and oxygen atoms in total. The molecule has 3 N–H and O–H groups in total. The Hall–Kier alpha value is -1.53. The van der Waals surface area contributed by atoms with Crippen molar-refractivity contribution in [2.45, 2.75) is 13.3 Å². The molecule has 0 radical (unpaired) electrons. The van der Waals surface area contributed by atoms with E-state index in [0.717, 1.165) is 5.56 Å². The van der Waals surface area contributed by atoms with Crippen molar-refractivity contribution in [3.63, 3.8) is 0 Å². The molecule has 0 aliphatic rings. The predicted molar refractivity (Wildman–Crippen MR) is 52.3 cm³/mol.